The fourth-order valence-corrected chi connectivity index (χ4v) is 1.74. The zero-order valence-electron chi connectivity index (χ0n) is 7.98. The maximum absolute atomic E-state index is 13.4. The molecular formula is C10H12F2N2. The van der Waals surface area contributed by atoms with E-state index in [1.807, 2.05) is 11.9 Å². The van der Waals surface area contributed by atoms with Crippen LogP contribution in [0, 0.1) is 11.6 Å². The highest BCUT2D eigenvalue weighted by Crippen LogP contribution is 2.31. The fourth-order valence-electron chi connectivity index (χ4n) is 1.74. The number of hydrogen-bond donors (Lipinski definition) is 1. The Morgan fingerprint density at radius 2 is 2.14 bits per heavy atom. The van der Waals surface area contributed by atoms with E-state index in [9.17, 15) is 8.78 Å². The second-order valence-electron chi connectivity index (χ2n) is 3.49. The van der Waals surface area contributed by atoms with Gasteiger partial charge in [0, 0.05) is 26.2 Å². The second-order valence-corrected chi connectivity index (χ2v) is 3.49. The predicted molar refractivity (Wildman–Crippen MR) is 52.7 cm³/mol. The number of nitrogens with zero attached hydrogens (tertiary/aromatic N) is 1. The molecule has 0 bridgehead atoms. The summed E-state index contributed by atoms with van der Waals surface area (Å²) in [6.45, 7) is 1.53. The lowest BCUT2D eigenvalue weighted by molar-refractivity contribution is 0.583. The molecule has 1 heterocycles. The molecule has 1 N–H and O–H groups in total. The van der Waals surface area contributed by atoms with Gasteiger partial charge in [-0.1, -0.05) is 0 Å². The van der Waals surface area contributed by atoms with Gasteiger partial charge in [-0.15, -0.1) is 0 Å². The zero-order valence-corrected chi connectivity index (χ0v) is 7.98. The van der Waals surface area contributed by atoms with Crippen molar-refractivity contribution in [2.45, 2.75) is 6.42 Å². The molecule has 1 aliphatic rings. The first-order valence-electron chi connectivity index (χ1n) is 4.62. The molecule has 0 amide bonds. The van der Waals surface area contributed by atoms with Crippen molar-refractivity contribution in [1.29, 1.82) is 0 Å². The van der Waals surface area contributed by atoms with Crippen LogP contribution in [0.4, 0.5) is 20.2 Å². The van der Waals surface area contributed by atoms with E-state index in [0.29, 0.717) is 11.4 Å². The minimum atomic E-state index is -0.538. The Bertz CT molecular complexity index is 352. The number of nitrogens with one attached hydrogen (secondary N) is 1. The van der Waals surface area contributed by atoms with Gasteiger partial charge in [-0.3, -0.25) is 0 Å². The third-order valence-electron chi connectivity index (χ3n) is 2.40. The molecule has 4 heteroatoms. The molecule has 0 unspecified atom stereocenters. The topological polar surface area (TPSA) is 15.3 Å². The van der Waals surface area contributed by atoms with Crippen LogP contribution in [0.25, 0.3) is 0 Å². The minimum absolute atomic E-state index is 0.462. The highest BCUT2D eigenvalue weighted by Gasteiger charge is 2.17. The zero-order chi connectivity index (χ0) is 10.1. The highest BCUT2D eigenvalue weighted by molar-refractivity contribution is 5.71. The van der Waals surface area contributed by atoms with Gasteiger partial charge in [-0.25, -0.2) is 8.78 Å². The van der Waals surface area contributed by atoms with Gasteiger partial charge in [-0.2, -0.15) is 0 Å². The van der Waals surface area contributed by atoms with Crippen LogP contribution in [0.3, 0.4) is 0 Å². The summed E-state index contributed by atoms with van der Waals surface area (Å²) in [7, 11) is 1.81. The van der Waals surface area contributed by atoms with E-state index >= 15 is 0 Å². The molecule has 14 heavy (non-hydrogen) atoms. The second kappa shape index (κ2) is 3.44. The van der Waals surface area contributed by atoms with Gasteiger partial charge >= 0.3 is 0 Å². The summed E-state index contributed by atoms with van der Waals surface area (Å²) in [6, 6.07) is 2.25. The number of anilines is 2. The van der Waals surface area contributed by atoms with E-state index in [4.69, 9.17) is 0 Å². The summed E-state index contributed by atoms with van der Waals surface area (Å²) >= 11 is 0. The molecule has 1 aromatic carbocycles. The van der Waals surface area contributed by atoms with Gasteiger partial charge in [0.1, 0.15) is 5.82 Å². The van der Waals surface area contributed by atoms with Crippen molar-refractivity contribution in [2.75, 3.05) is 30.4 Å². The van der Waals surface area contributed by atoms with Crippen molar-refractivity contribution >= 4 is 11.4 Å². The summed E-state index contributed by atoms with van der Waals surface area (Å²) in [4.78, 5) is 1.81. The average molecular weight is 198 g/mol. The smallest absolute Gasteiger partial charge is 0.151 e. The van der Waals surface area contributed by atoms with Gasteiger partial charge in [-0.05, 0) is 12.5 Å². The number of halogens is 2. The van der Waals surface area contributed by atoms with E-state index in [1.165, 1.54) is 6.07 Å². The Morgan fingerprint density at radius 3 is 2.93 bits per heavy atom. The molecular weight excluding hydrogens is 186 g/mol. The molecule has 0 aliphatic carbocycles. The first kappa shape index (κ1) is 9.24. The standard InChI is InChI=1S/C10H12F2N2/c1-14-4-2-3-13-9-6-7(11)5-8(12)10(9)14/h5-6,13H,2-4H2,1H3. The number of benzene rings is 1. The summed E-state index contributed by atoms with van der Waals surface area (Å²) in [6.07, 6.45) is 0.923. The average Bonchev–Trinajstić information content (AvgIpc) is 2.27. The van der Waals surface area contributed by atoms with Crippen LogP contribution in [0.1, 0.15) is 6.42 Å². The van der Waals surface area contributed by atoms with Crippen LogP contribution in [0.5, 0.6) is 0 Å². The van der Waals surface area contributed by atoms with Gasteiger partial charge < -0.3 is 10.2 Å². The maximum Gasteiger partial charge on any atom is 0.151 e. The lowest BCUT2D eigenvalue weighted by Crippen LogP contribution is -2.18. The van der Waals surface area contributed by atoms with Crippen molar-refractivity contribution in [3.05, 3.63) is 23.8 Å². The largest absolute Gasteiger partial charge is 0.383 e. The number of rotatable bonds is 0. The molecule has 2 rings (SSSR count). The van der Waals surface area contributed by atoms with E-state index < -0.39 is 11.6 Å². The Hall–Kier alpha value is -1.32. The first-order chi connectivity index (χ1) is 6.68. The molecule has 1 aliphatic heterocycles. The monoisotopic (exact) mass is 198 g/mol. The predicted octanol–water partition coefficient (Wildman–Crippen LogP) is 2.22. The molecule has 0 spiro atoms. The first-order valence-corrected chi connectivity index (χ1v) is 4.62. The lowest BCUT2D eigenvalue weighted by atomic mass is 10.2. The van der Waals surface area contributed by atoms with E-state index in [0.717, 1.165) is 25.6 Å². The highest BCUT2D eigenvalue weighted by atomic mass is 19.1. The van der Waals surface area contributed by atoms with Crippen molar-refractivity contribution in [3.8, 4) is 0 Å². The fraction of sp³-hybridized carbons (Fsp3) is 0.400. The van der Waals surface area contributed by atoms with Crippen LogP contribution < -0.4 is 10.2 Å². The van der Waals surface area contributed by atoms with Crippen LogP contribution >= 0.6 is 0 Å². The molecule has 0 saturated heterocycles. The van der Waals surface area contributed by atoms with Gasteiger partial charge in [0.05, 0.1) is 11.4 Å². The molecule has 0 radical (unpaired) electrons. The minimum Gasteiger partial charge on any atom is -0.383 e. The summed E-state index contributed by atoms with van der Waals surface area (Å²) in [5.41, 5.74) is 1.01. The SMILES string of the molecule is CN1CCCNc2cc(F)cc(F)c21. The third-order valence-corrected chi connectivity index (χ3v) is 2.40. The Morgan fingerprint density at radius 1 is 1.36 bits per heavy atom. The molecule has 76 valence electrons. The molecule has 0 atom stereocenters. The summed E-state index contributed by atoms with van der Waals surface area (Å²) in [5.74, 6) is -1.04. The van der Waals surface area contributed by atoms with E-state index in [-0.39, 0.29) is 0 Å². The van der Waals surface area contributed by atoms with E-state index in [1.54, 1.807) is 0 Å². The molecule has 0 fully saturated rings. The third kappa shape index (κ3) is 1.52. The van der Waals surface area contributed by atoms with Crippen LogP contribution in [-0.4, -0.2) is 20.1 Å². The van der Waals surface area contributed by atoms with Crippen molar-refractivity contribution < 1.29 is 8.78 Å². The van der Waals surface area contributed by atoms with Crippen molar-refractivity contribution in [3.63, 3.8) is 0 Å². The number of fused-ring (bicyclic) bond motifs is 1. The van der Waals surface area contributed by atoms with Crippen molar-refractivity contribution in [1.82, 2.24) is 0 Å². The quantitative estimate of drug-likeness (QED) is 0.687. The maximum atomic E-state index is 13.4. The van der Waals surface area contributed by atoms with Gasteiger partial charge in [0.2, 0.25) is 0 Å². The van der Waals surface area contributed by atoms with Crippen LogP contribution in [0.2, 0.25) is 0 Å². The molecule has 0 saturated carbocycles. The normalized spacial score (nSPS) is 15.8. The Balaban J connectivity index is 2.53. The molecule has 0 aromatic heterocycles. The molecule has 1 aromatic rings. The Labute approximate surface area is 81.5 Å². The Kier molecular flexibility index (Phi) is 2.27. The van der Waals surface area contributed by atoms with E-state index in [2.05, 4.69) is 5.32 Å². The molecule has 2 nitrogen and oxygen atoms in total. The number of hydrogen-bond acceptors (Lipinski definition) is 2. The van der Waals surface area contributed by atoms with Crippen LogP contribution in [0.15, 0.2) is 12.1 Å². The van der Waals surface area contributed by atoms with Crippen LogP contribution in [-0.2, 0) is 0 Å². The summed E-state index contributed by atoms with van der Waals surface area (Å²) in [5, 5.41) is 3.02. The van der Waals surface area contributed by atoms with Gasteiger partial charge in [0.25, 0.3) is 0 Å². The lowest BCUT2D eigenvalue weighted by Gasteiger charge is -2.19. The van der Waals surface area contributed by atoms with Crippen molar-refractivity contribution in [2.24, 2.45) is 0 Å². The van der Waals surface area contributed by atoms with Gasteiger partial charge in [0.15, 0.2) is 5.82 Å². The summed E-state index contributed by atoms with van der Waals surface area (Å²) < 4.78 is 26.4.